The summed E-state index contributed by atoms with van der Waals surface area (Å²) in [5, 5.41) is 2.75. The Kier molecular flexibility index (Phi) is 2.17. The zero-order chi connectivity index (χ0) is 10.3. The van der Waals surface area contributed by atoms with E-state index in [1.54, 1.807) is 12.7 Å². The maximum Gasteiger partial charge on any atom is 0.0796 e. The lowest BCUT2D eigenvalue weighted by Crippen LogP contribution is -2.31. The first-order chi connectivity index (χ1) is 7.38. The van der Waals surface area contributed by atoms with Crippen LogP contribution in [0.2, 0.25) is 0 Å². The van der Waals surface area contributed by atoms with E-state index in [2.05, 4.69) is 17.1 Å². The van der Waals surface area contributed by atoms with Crippen molar-refractivity contribution in [2.24, 2.45) is 0 Å². The van der Waals surface area contributed by atoms with Crippen molar-refractivity contribution in [3.05, 3.63) is 21.8 Å². The molecule has 0 aromatic carbocycles. The molecule has 1 aromatic heterocycles. The standard InChI is InChI=1S/C13H17NO/c1-15-9-6-7-13-11(8-9)10-4-2-3-5-12(10)14-13/h7-9,14H,2-6H2,1H3. The van der Waals surface area contributed by atoms with Gasteiger partial charge in [-0.1, -0.05) is 6.08 Å². The number of methoxy groups -OCH3 is 1. The number of nitrogens with one attached hydrogen (secondary N) is 1. The van der Waals surface area contributed by atoms with E-state index in [1.807, 2.05) is 0 Å². The van der Waals surface area contributed by atoms with E-state index >= 15 is 0 Å². The molecule has 1 heterocycles. The van der Waals surface area contributed by atoms with Gasteiger partial charge >= 0.3 is 0 Å². The van der Waals surface area contributed by atoms with Gasteiger partial charge in [-0.15, -0.1) is 0 Å². The zero-order valence-electron chi connectivity index (χ0n) is 9.18. The van der Waals surface area contributed by atoms with Crippen molar-refractivity contribution in [1.29, 1.82) is 0 Å². The summed E-state index contributed by atoms with van der Waals surface area (Å²) in [7, 11) is 1.79. The first kappa shape index (κ1) is 9.22. The number of aromatic amines is 1. The highest BCUT2D eigenvalue weighted by atomic mass is 16.5. The summed E-state index contributed by atoms with van der Waals surface area (Å²) in [4.78, 5) is 3.56. The van der Waals surface area contributed by atoms with Gasteiger partial charge in [-0.05, 0) is 43.7 Å². The van der Waals surface area contributed by atoms with Gasteiger partial charge in [0.15, 0.2) is 0 Å². The molecule has 1 atom stereocenters. The van der Waals surface area contributed by atoms with Crippen molar-refractivity contribution in [3.63, 3.8) is 0 Å². The van der Waals surface area contributed by atoms with Crippen LogP contribution in [0.25, 0.3) is 12.2 Å². The third-order valence-electron chi connectivity index (χ3n) is 3.58. The normalized spacial score (nSPS) is 23.7. The molecule has 80 valence electrons. The topological polar surface area (TPSA) is 25.0 Å². The SMILES string of the molecule is COC1C=c2c3c([nH]c2=CC1)CCCC3. The van der Waals surface area contributed by atoms with Crippen LogP contribution in [0.15, 0.2) is 0 Å². The van der Waals surface area contributed by atoms with Crippen LogP contribution in [0.4, 0.5) is 0 Å². The van der Waals surface area contributed by atoms with Crippen molar-refractivity contribution in [2.45, 2.75) is 38.2 Å². The molecule has 0 amide bonds. The van der Waals surface area contributed by atoms with Crippen LogP contribution in [-0.2, 0) is 17.6 Å². The lowest BCUT2D eigenvalue weighted by Gasteiger charge is -2.12. The van der Waals surface area contributed by atoms with Gasteiger partial charge in [0, 0.05) is 23.4 Å². The average Bonchev–Trinajstić information content (AvgIpc) is 2.66. The summed E-state index contributed by atoms with van der Waals surface area (Å²) in [5.41, 5.74) is 3.02. The molecule has 0 saturated carbocycles. The number of aromatic nitrogens is 1. The van der Waals surface area contributed by atoms with Crippen LogP contribution in [0, 0.1) is 0 Å². The molecule has 0 aliphatic heterocycles. The van der Waals surface area contributed by atoms with Gasteiger partial charge in [-0.3, -0.25) is 0 Å². The number of hydrogen-bond donors (Lipinski definition) is 1. The van der Waals surface area contributed by atoms with Gasteiger partial charge in [-0.25, -0.2) is 0 Å². The first-order valence-electron chi connectivity index (χ1n) is 5.83. The third-order valence-corrected chi connectivity index (χ3v) is 3.58. The highest BCUT2D eigenvalue weighted by Crippen LogP contribution is 2.16. The van der Waals surface area contributed by atoms with Crippen LogP contribution in [0.3, 0.4) is 0 Å². The van der Waals surface area contributed by atoms with Gasteiger partial charge in [0.25, 0.3) is 0 Å². The Labute approximate surface area is 89.6 Å². The zero-order valence-corrected chi connectivity index (χ0v) is 9.18. The summed E-state index contributed by atoms with van der Waals surface area (Å²) in [6, 6.07) is 0. The fourth-order valence-corrected chi connectivity index (χ4v) is 2.74. The molecule has 0 fully saturated rings. The van der Waals surface area contributed by atoms with E-state index in [4.69, 9.17) is 4.74 Å². The second-order valence-electron chi connectivity index (χ2n) is 4.50. The lowest BCUT2D eigenvalue weighted by atomic mass is 9.95. The Morgan fingerprint density at radius 1 is 1.33 bits per heavy atom. The van der Waals surface area contributed by atoms with Gasteiger partial charge in [0.1, 0.15) is 0 Å². The highest BCUT2D eigenvalue weighted by Gasteiger charge is 2.16. The molecule has 2 aliphatic rings. The van der Waals surface area contributed by atoms with Gasteiger partial charge < -0.3 is 9.72 Å². The van der Waals surface area contributed by atoms with Gasteiger partial charge in [0.2, 0.25) is 0 Å². The molecule has 1 aromatic rings. The quantitative estimate of drug-likeness (QED) is 0.720. The minimum atomic E-state index is 0.277. The molecule has 3 rings (SSSR count). The molecule has 2 aliphatic carbocycles. The van der Waals surface area contributed by atoms with Crippen LogP contribution in [0.1, 0.15) is 30.5 Å². The average molecular weight is 203 g/mol. The van der Waals surface area contributed by atoms with Crippen LogP contribution in [0.5, 0.6) is 0 Å². The van der Waals surface area contributed by atoms with Crippen molar-refractivity contribution in [2.75, 3.05) is 7.11 Å². The molecule has 2 nitrogen and oxygen atoms in total. The minimum Gasteiger partial charge on any atom is -0.377 e. The van der Waals surface area contributed by atoms with E-state index in [-0.39, 0.29) is 6.10 Å². The molecule has 0 saturated heterocycles. The second-order valence-corrected chi connectivity index (χ2v) is 4.50. The maximum absolute atomic E-state index is 5.41. The Balaban J connectivity index is 2.19. The number of ether oxygens (including phenoxy) is 1. The van der Waals surface area contributed by atoms with Gasteiger partial charge in [-0.2, -0.15) is 0 Å². The molecule has 2 heteroatoms. The Morgan fingerprint density at radius 3 is 3.07 bits per heavy atom. The number of hydrogen-bond acceptors (Lipinski definition) is 1. The number of H-pyrrole nitrogens is 1. The number of fused-ring (bicyclic) bond motifs is 3. The van der Waals surface area contributed by atoms with Crippen molar-refractivity contribution < 1.29 is 4.74 Å². The van der Waals surface area contributed by atoms with Crippen molar-refractivity contribution in [1.82, 2.24) is 4.98 Å². The summed E-state index contributed by atoms with van der Waals surface area (Å²) in [6.45, 7) is 0. The van der Waals surface area contributed by atoms with E-state index in [1.165, 1.54) is 41.9 Å². The summed E-state index contributed by atoms with van der Waals surface area (Å²) < 4.78 is 5.41. The molecule has 0 spiro atoms. The highest BCUT2D eigenvalue weighted by molar-refractivity contribution is 5.45. The molecular weight excluding hydrogens is 186 g/mol. The molecule has 1 unspecified atom stereocenters. The molecule has 15 heavy (non-hydrogen) atoms. The van der Waals surface area contributed by atoms with Crippen LogP contribution >= 0.6 is 0 Å². The largest absolute Gasteiger partial charge is 0.377 e. The second kappa shape index (κ2) is 3.53. The molecule has 0 radical (unpaired) electrons. The summed E-state index contributed by atoms with van der Waals surface area (Å²) >= 11 is 0. The van der Waals surface area contributed by atoms with E-state index in [9.17, 15) is 0 Å². The Hall–Kier alpha value is -1.02. The number of rotatable bonds is 1. The van der Waals surface area contributed by atoms with E-state index in [0.717, 1.165) is 6.42 Å². The predicted molar refractivity (Wildman–Crippen MR) is 61.0 cm³/mol. The van der Waals surface area contributed by atoms with Crippen molar-refractivity contribution >= 4 is 12.2 Å². The summed E-state index contributed by atoms with van der Waals surface area (Å²) in [5.74, 6) is 0. The Bertz CT molecular complexity index is 483. The fourth-order valence-electron chi connectivity index (χ4n) is 2.74. The smallest absolute Gasteiger partial charge is 0.0796 e. The lowest BCUT2D eigenvalue weighted by molar-refractivity contribution is 0.157. The Morgan fingerprint density at radius 2 is 2.20 bits per heavy atom. The molecule has 1 N–H and O–H groups in total. The molecule has 0 bridgehead atoms. The summed E-state index contributed by atoms with van der Waals surface area (Å²) in [6.07, 6.45) is 11.0. The fraction of sp³-hybridized carbons (Fsp3) is 0.538. The monoisotopic (exact) mass is 203 g/mol. The van der Waals surface area contributed by atoms with E-state index in [0.29, 0.717) is 0 Å². The van der Waals surface area contributed by atoms with E-state index < -0.39 is 0 Å². The van der Waals surface area contributed by atoms with Gasteiger partial charge in [0.05, 0.1) is 6.10 Å². The predicted octanol–water partition coefficient (Wildman–Crippen LogP) is 0.873. The third kappa shape index (κ3) is 1.44. The maximum atomic E-state index is 5.41. The van der Waals surface area contributed by atoms with Crippen LogP contribution in [-0.4, -0.2) is 18.2 Å². The van der Waals surface area contributed by atoms with Crippen molar-refractivity contribution in [3.8, 4) is 0 Å². The van der Waals surface area contributed by atoms with Crippen LogP contribution < -0.4 is 10.6 Å². The first-order valence-corrected chi connectivity index (χ1v) is 5.83. The number of aryl methyl sites for hydroxylation is 1. The minimum absolute atomic E-state index is 0.277. The molecular formula is C13H17NO.